The van der Waals surface area contributed by atoms with Gasteiger partial charge in [0.1, 0.15) is 12.0 Å². The fourth-order valence-corrected chi connectivity index (χ4v) is 2.55. The highest BCUT2D eigenvalue weighted by Crippen LogP contribution is 2.12. The minimum absolute atomic E-state index is 0. The molecule has 1 saturated heterocycles. The Bertz CT molecular complexity index is 427. The summed E-state index contributed by atoms with van der Waals surface area (Å²) in [6.07, 6.45) is 3.89. The Labute approximate surface area is 150 Å². The molecule has 0 atom stereocenters. The predicted molar refractivity (Wildman–Crippen MR) is 99.6 cm³/mol. The number of hydrogen-bond donors (Lipinski definition) is 2. The van der Waals surface area contributed by atoms with Crippen LogP contribution in [0.5, 0.6) is 0 Å². The number of nitrogens with one attached hydrogen (secondary N) is 2. The van der Waals surface area contributed by atoms with Gasteiger partial charge in [-0.3, -0.25) is 0 Å². The lowest BCUT2D eigenvalue weighted by Crippen LogP contribution is -2.49. The topological polar surface area (TPSA) is 65.7 Å². The van der Waals surface area contributed by atoms with E-state index >= 15 is 0 Å². The van der Waals surface area contributed by atoms with Gasteiger partial charge in [-0.2, -0.15) is 0 Å². The number of nitrogens with zero attached hydrogens (tertiary/aromatic N) is 3. The second-order valence-corrected chi connectivity index (χ2v) is 5.73. The van der Waals surface area contributed by atoms with Crippen molar-refractivity contribution in [2.75, 3.05) is 19.6 Å². The summed E-state index contributed by atoms with van der Waals surface area (Å²) < 4.78 is 4.83. The van der Waals surface area contributed by atoms with Crippen LogP contribution in [0.25, 0.3) is 0 Å². The number of hydrogen-bond acceptors (Lipinski definition) is 4. The molecular formula is C15H28IN5O. The van der Waals surface area contributed by atoms with E-state index in [1.54, 1.807) is 6.26 Å². The van der Waals surface area contributed by atoms with Gasteiger partial charge < -0.3 is 20.1 Å². The molecule has 2 rings (SSSR count). The molecule has 1 fully saturated rings. The summed E-state index contributed by atoms with van der Waals surface area (Å²) in [7, 11) is 0. The first-order chi connectivity index (χ1) is 10.2. The van der Waals surface area contributed by atoms with Crippen molar-refractivity contribution in [2.24, 2.45) is 4.99 Å². The van der Waals surface area contributed by atoms with E-state index in [2.05, 4.69) is 46.5 Å². The lowest BCUT2D eigenvalue weighted by molar-refractivity contribution is 0.167. The van der Waals surface area contributed by atoms with Gasteiger partial charge in [0, 0.05) is 37.8 Å². The smallest absolute Gasteiger partial charge is 0.191 e. The van der Waals surface area contributed by atoms with Gasteiger partial charge in [-0.25, -0.2) is 4.99 Å². The first-order valence-corrected chi connectivity index (χ1v) is 7.87. The van der Waals surface area contributed by atoms with Crippen LogP contribution >= 0.6 is 24.0 Å². The van der Waals surface area contributed by atoms with Crippen LogP contribution in [0, 0.1) is 0 Å². The van der Waals surface area contributed by atoms with E-state index in [0.717, 1.165) is 44.1 Å². The Morgan fingerprint density at radius 1 is 1.45 bits per heavy atom. The van der Waals surface area contributed by atoms with Gasteiger partial charge in [-0.15, -0.1) is 24.0 Å². The molecule has 0 spiro atoms. The SMILES string of the molecule is CCNC(=NCc1ccon1)NC1CCN(C(C)C)CC1.I. The van der Waals surface area contributed by atoms with Crippen LogP contribution in [0.3, 0.4) is 0 Å². The van der Waals surface area contributed by atoms with Gasteiger partial charge in [0.05, 0.1) is 6.54 Å². The van der Waals surface area contributed by atoms with Crippen LogP contribution in [-0.4, -0.2) is 47.7 Å². The van der Waals surface area contributed by atoms with Gasteiger partial charge in [0.25, 0.3) is 0 Å². The highest BCUT2D eigenvalue weighted by Gasteiger charge is 2.21. The number of guanidine groups is 1. The Morgan fingerprint density at radius 3 is 2.73 bits per heavy atom. The second kappa shape index (κ2) is 10.0. The van der Waals surface area contributed by atoms with Gasteiger partial charge >= 0.3 is 0 Å². The molecule has 0 aliphatic carbocycles. The van der Waals surface area contributed by atoms with Crippen molar-refractivity contribution in [1.82, 2.24) is 20.7 Å². The third-order valence-electron chi connectivity index (χ3n) is 3.84. The molecule has 7 heteroatoms. The van der Waals surface area contributed by atoms with E-state index in [1.165, 1.54) is 0 Å². The standard InChI is InChI=1S/C15H27N5O.HI/c1-4-16-15(17-11-14-7-10-21-19-14)18-13-5-8-20(9-6-13)12(2)3;/h7,10,12-13H,4-6,8-9,11H2,1-3H3,(H2,16,17,18);1H. The molecule has 0 amide bonds. The van der Waals surface area contributed by atoms with Crippen molar-refractivity contribution >= 4 is 29.9 Å². The number of aliphatic imine (C=N–C) groups is 1. The molecule has 1 aliphatic heterocycles. The number of likely N-dealkylation sites (tertiary alicyclic amines) is 1. The second-order valence-electron chi connectivity index (χ2n) is 5.73. The van der Waals surface area contributed by atoms with E-state index in [1.807, 2.05) is 6.07 Å². The first kappa shape index (κ1) is 19.2. The Kier molecular flexibility index (Phi) is 8.77. The van der Waals surface area contributed by atoms with Crippen LogP contribution in [0.15, 0.2) is 21.8 Å². The number of halogens is 1. The summed E-state index contributed by atoms with van der Waals surface area (Å²) in [5, 5.41) is 10.7. The molecule has 22 heavy (non-hydrogen) atoms. The number of aromatic nitrogens is 1. The van der Waals surface area contributed by atoms with Crippen LogP contribution < -0.4 is 10.6 Å². The van der Waals surface area contributed by atoms with Gasteiger partial charge in [0.2, 0.25) is 0 Å². The van der Waals surface area contributed by atoms with Crippen molar-refractivity contribution in [3.8, 4) is 0 Å². The summed E-state index contributed by atoms with van der Waals surface area (Å²) in [5.41, 5.74) is 0.849. The molecular weight excluding hydrogens is 393 g/mol. The fourth-order valence-electron chi connectivity index (χ4n) is 2.55. The molecule has 2 heterocycles. The normalized spacial score (nSPS) is 17.4. The summed E-state index contributed by atoms with van der Waals surface area (Å²) >= 11 is 0. The maximum absolute atomic E-state index is 4.83. The lowest BCUT2D eigenvalue weighted by atomic mass is 10.0. The van der Waals surface area contributed by atoms with E-state index in [4.69, 9.17) is 4.52 Å². The van der Waals surface area contributed by atoms with Crippen molar-refractivity contribution < 1.29 is 4.52 Å². The highest BCUT2D eigenvalue weighted by atomic mass is 127. The molecule has 1 aromatic rings. The van der Waals surface area contributed by atoms with Crippen LogP contribution in [0.2, 0.25) is 0 Å². The van der Waals surface area contributed by atoms with E-state index in [0.29, 0.717) is 18.6 Å². The van der Waals surface area contributed by atoms with E-state index < -0.39 is 0 Å². The third kappa shape index (κ3) is 6.12. The van der Waals surface area contributed by atoms with Crippen molar-refractivity contribution in [1.29, 1.82) is 0 Å². The maximum atomic E-state index is 4.83. The summed E-state index contributed by atoms with van der Waals surface area (Å²) in [5.74, 6) is 0.864. The van der Waals surface area contributed by atoms with E-state index in [9.17, 15) is 0 Å². The van der Waals surface area contributed by atoms with E-state index in [-0.39, 0.29) is 24.0 Å². The van der Waals surface area contributed by atoms with Gasteiger partial charge in [-0.1, -0.05) is 5.16 Å². The molecule has 1 aliphatic rings. The molecule has 1 aromatic heterocycles. The predicted octanol–water partition coefficient (Wildman–Crippen LogP) is 2.22. The Hall–Kier alpha value is -0.830. The fraction of sp³-hybridized carbons (Fsp3) is 0.733. The van der Waals surface area contributed by atoms with Crippen LogP contribution in [-0.2, 0) is 6.54 Å². The third-order valence-corrected chi connectivity index (χ3v) is 3.84. The zero-order valence-electron chi connectivity index (χ0n) is 13.7. The minimum Gasteiger partial charge on any atom is -0.364 e. The number of piperidine rings is 1. The molecule has 0 unspecified atom stereocenters. The van der Waals surface area contributed by atoms with Crippen LogP contribution in [0.1, 0.15) is 39.3 Å². The summed E-state index contributed by atoms with van der Waals surface area (Å²) in [6, 6.07) is 2.98. The largest absolute Gasteiger partial charge is 0.364 e. The Balaban J connectivity index is 0.00000242. The molecule has 0 saturated carbocycles. The maximum Gasteiger partial charge on any atom is 0.191 e. The lowest BCUT2D eigenvalue weighted by Gasteiger charge is -2.35. The Morgan fingerprint density at radius 2 is 2.18 bits per heavy atom. The van der Waals surface area contributed by atoms with Gasteiger partial charge in [-0.05, 0) is 33.6 Å². The first-order valence-electron chi connectivity index (χ1n) is 7.87. The van der Waals surface area contributed by atoms with Crippen LogP contribution in [0.4, 0.5) is 0 Å². The van der Waals surface area contributed by atoms with Crippen molar-refractivity contribution in [3.63, 3.8) is 0 Å². The van der Waals surface area contributed by atoms with Crippen molar-refractivity contribution in [2.45, 2.75) is 52.2 Å². The highest BCUT2D eigenvalue weighted by molar-refractivity contribution is 14.0. The molecule has 6 nitrogen and oxygen atoms in total. The molecule has 0 radical (unpaired) electrons. The zero-order chi connectivity index (χ0) is 15.1. The number of rotatable bonds is 5. The molecule has 126 valence electrons. The van der Waals surface area contributed by atoms with Gasteiger partial charge in [0.15, 0.2) is 5.96 Å². The average molecular weight is 421 g/mol. The summed E-state index contributed by atoms with van der Waals surface area (Å²) in [6.45, 7) is 10.3. The molecule has 2 N–H and O–H groups in total. The molecule has 0 aromatic carbocycles. The molecule has 0 bridgehead atoms. The monoisotopic (exact) mass is 421 g/mol. The minimum atomic E-state index is 0. The summed E-state index contributed by atoms with van der Waals surface area (Å²) in [4.78, 5) is 7.09. The van der Waals surface area contributed by atoms with Crippen molar-refractivity contribution in [3.05, 3.63) is 18.0 Å². The quantitative estimate of drug-likeness (QED) is 0.434. The average Bonchev–Trinajstić information content (AvgIpc) is 2.99. The zero-order valence-corrected chi connectivity index (χ0v) is 16.0.